The van der Waals surface area contributed by atoms with Crippen molar-refractivity contribution in [2.75, 3.05) is 7.11 Å². The van der Waals surface area contributed by atoms with Crippen LogP contribution in [0.1, 0.15) is 5.56 Å². The number of rotatable bonds is 5. The number of benzene rings is 4. The van der Waals surface area contributed by atoms with Crippen LogP contribution in [0.2, 0.25) is 0 Å². The van der Waals surface area contributed by atoms with Crippen LogP contribution in [-0.4, -0.2) is 27.5 Å². The van der Waals surface area contributed by atoms with Crippen LogP contribution in [0, 0.1) is 0 Å². The van der Waals surface area contributed by atoms with Crippen LogP contribution in [0.25, 0.3) is 38.6 Å². The largest absolute Gasteiger partial charge is 0.870 e. The summed E-state index contributed by atoms with van der Waals surface area (Å²) in [7, 11) is 1.66. The van der Waals surface area contributed by atoms with Gasteiger partial charge in [-0.2, -0.15) is 14.3 Å². The monoisotopic (exact) mass is 475 g/mol. The predicted octanol–water partition coefficient (Wildman–Crippen LogP) is 5.72. The summed E-state index contributed by atoms with van der Waals surface area (Å²) in [6, 6.07) is 34.4. The molecule has 36 heavy (non-hydrogen) atoms. The topological polar surface area (TPSA) is 81.2 Å². The number of methoxy groups -OCH3 is 1. The molecule has 0 saturated heterocycles. The molecule has 0 bridgehead atoms. The summed E-state index contributed by atoms with van der Waals surface area (Å²) in [5.41, 5.74) is 5.64. The maximum absolute atomic E-state index is 11.4. The normalized spacial score (nSPS) is 10.9. The Kier molecular flexibility index (Phi) is 6.10. The molecule has 178 valence electrons. The van der Waals surface area contributed by atoms with Gasteiger partial charge >= 0.3 is 0 Å². The summed E-state index contributed by atoms with van der Waals surface area (Å²) in [4.78, 5) is 0. The summed E-state index contributed by atoms with van der Waals surface area (Å²) in [6.07, 6.45) is 2.08. The Morgan fingerprint density at radius 3 is 2.19 bits per heavy atom. The standard InChI is InChI=1S/C30H23N3O2.H2O/c1-35-26-17-11-21(12-18-26)19-32-20-24-9-5-6-10-27(24)28-29(32)30(34)33(31-28)25-15-13-23(14-16-25)22-7-3-2-4-8-22;/h2-18,20H,19H2,1H3;1H2. The van der Waals surface area contributed by atoms with Gasteiger partial charge in [-0.25, -0.2) is 0 Å². The second-order valence-electron chi connectivity index (χ2n) is 8.54. The predicted molar refractivity (Wildman–Crippen MR) is 140 cm³/mol. The van der Waals surface area contributed by atoms with Crippen molar-refractivity contribution < 1.29 is 19.9 Å². The fraction of sp³-hybridized carbons (Fsp3) is 0.0667. The molecular formula is C30H25N3O3. The minimum atomic E-state index is 0. The average Bonchev–Trinajstić information content (AvgIpc) is 3.27. The number of aromatic nitrogens is 3. The average molecular weight is 476 g/mol. The maximum Gasteiger partial charge on any atom is 0.296 e. The van der Waals surface area contributed by atoms with Gasteiger partial charge in [-0.15, -0.1) is 0 Å². The Labute approximate surface area is 208 Å². The number of aromatic hydroxyl groups is 1. The van der Waals surface area contributed by atoms with Gasteiger partial charge in [0.25, 0.3) is 11.4 Å². The van der Waals surface area contributed by atoms with Crippen LogP contribution >= 0.6 is 0 Å². The summed E-state index contributed by atoms with van der Waals surface area (Å²) in [5.74, 6) is 0.934. The Morgan fingerprint density at radius 1 is 0.806 bits per heavy atom. The molecule has 0 aliphatic rings. The number of nitrogens with zero attached hydrogens (tertiary/aromatic N) is 3. The van der Waals surface area contributed by atoms with Crippen molar-refractivity contribution in [1.82, 2.24) is 9.78 Å². The first-order valence-corrected chi connectivity index (χ1v) is 11.5. The van der Waals surface area contributed by atoms with Crippen LogP contribution < -0.4 is 9.30 Å². The first kappa shape index (κ1) is 23.1. The molecule has 4 aromatic carbocycles. The van der Waals surface area contributed by atoms with Crippen LogP contribution in [0.4, 0.5) is 0 Å². The lowest BCUT2D eigenvalue weighted by Gasteiger charge is -2.05. The number of pyridine rings is 1. The molecule has 0 spiro atoms. The lowest BCUT2D eigenvalue weighted by molar-refractivity contribution is -0.661. The molecule has 0 saturated carbocycles. The maximum atomic E-state index is 11.4. The van der Waals surface area contributed by atoms with E-state index in [0.29, 0.717) is 12.1 Å². The quantitative estimate of drug-likeness (QED) is 0.324. The van der Waals surface area contributed by atoms with Gasteiger partial charge in [0.05, 0.1) is 12.8 Å². The summed E-state index contributed by atoms with van der Waals surface area (Å²) >= 11 is 0. The zero-order valence-corrected chi connectivity index (χ0v) is 19.7. The van der Waals surface area contributed by atoms with E-state index in [9.17, 15) is 5.11 Å². The van der Waals surface area contributed by atoms with Gasteiger partial charge in [0.2, 0.25) is 0 Å². The highest BCUT2D eigenvalue weighted by molar-refractivity contribution is 6.03. The summed E-state index contributed by atoms with van der Waals surface area (Å²) < 4.78 is 8.98. The molecule has 6 aromatic rings. The van der Waals surface area contributed by atoms with Crippen LogP contribution in [0.5, 0.6) is 11.6 Å². The van der Waals surface area contributed by atoms with E-state index < -0.39 is 0 Å². The molecule has 0 atom stereocenters. The van der Waals surface area contributed by atoms with Gasteiger partial charge in [-0.3, -0.25) is 0 Å². The van der Waals surface area contributed by atoms with Crippen LogP contribution in [0.3, 0.4) is 0 Å². The van der Waals surface area contributed by atoms with E-state index in [1.165, 1.54) is 0 Å². The molecule has 6 rings (SSSR count). The first-order valence-electron chi connectivity index (χ1n) is 11.5. The number of hydrogen-bond donors (Lipinski definition) is 1. The van der Waals surface area contributed by atoms with Crippen molar-refractivity contribution in [1.29, 1.82) is 0 Å². The molecule has 0 aliphatic heterocycles. The Balaban J connectivity index is 0.00000267. The van der Waals surface area contributed by atoms with Gasteiger partial charge in [0.1, 0.15) is 5.75 Å². The highest BCUT2D eigenvalue weighted by Gasteiger charge is 2.25. The molecule has 6 nitrogen and oxygen atoms in total. The number of ether oxygens (including phenoxy) is 1. The van der Waals surface area contributed by atoms with Crippen LogP contribution in [0.15, 0.2) is 109 Å². The van der Waals surface area contributed by atoms with Gasteiger partial charge in [-0.1, -0.05) is 60.7 Å². The number of hydrogen-bond acceptors (Lipinski definition) is 4. The van der Waals surface area contributed by atoms with E-state index in [0.717, 1.165) is 44.4 Å². The number of fused-ring (bicyclic) bond motifs is 3. The SMILES string of the molecule is COc1ccc(C[n+]2cc3ccccc3c3nn(-c4ccc(-c5ccccc5)cc4)c(O)c32)cc1.[OH-]. The lowest BCUT2D eigenvalue weighted by atomic mass is 10.1. The van der Waals surface area contributed by atoms with Gasteiger partial charge in [0, 0.05) is 16.3 Å². The van der Waals surface area contributed by atoms with Gasteiger partial charge in [-0.05, 0) is 53.6 Å². The molecule has 6 heteroatoms. The molecule has 0 radical (unpaired) electrons. The van der Waals surface area contributed by atoms with Gasteiger partial charge in [0.15, 0.2) is 18.3 Å². The molecule has 2 heterocycles. The van der Waals surface area contributed by atoms with E-state index in [1.54, 1.807) is 11.8 Å². The molecule has 2 aromatic heterocycles. The van der Waals surface area contributed by atoms with E-state index in [-0.39, 0.29) is 11.4 Å². The molecule has 0 unspecified atom stereocenters. The first-order chi connectivity index (χ1) is 17.2. The third-order valence-corrected chi connectivity index (χ3v) is 6.37. The second kappa shape index (κ2) is 9.52. The Bertz CT molecular complexity index is 1640. The third kappa shape index (κ3) is 4.04. The van der Waals surface area contributed by atoms with Crippen molar-refractivity contribution in [2.24, 2.45) is 0 Å². The van der Waals surface area contributed by atoms with Crippen LogP contribution in [-0.2, 0) is 6.54 Å². The zero-order chi connectivity index (χ0) is 23.8. The van der Waals surface area contributed by atoms with E-state index >= 15 is 0 Å². The van der Waals surface area contributed by atoms with Crippen molar-refractivity contribution in [2.45, 2.75) is 6.54 Å². The van der Waals surface area contributed by atoms with Gasteiger partial charge < -0.3 is 15.3 Å². The summed E-state index contributed by atoms with van der Waals surface area (Å²) in [6.45, 7) is 0.595. The van der Waals surface area contributed by atoms with Crippen molar-refractivity contribution in [3.63, 3.8) is 0 Å². The Morgan fingerprint density at radius 2 is 1.47 bits per heavy atom. The molecule has 0 aliphatic carbocycles. The van der Waals surface area contributed by atoms with Crippen molar-refractivity contribution >= 4 is 21.8 Å². The molecule has 2 N–H and O–H groups in total. The Hall–Kier alpha value is -4.68. The summed E-state index contributed by atoms with van der Waals surface area (Å²) in [5, 5.41) is 18.3. The van der Waals surface area contributed by atoms with Crippen molar-refractivity contribution in [3.05, 3.63) is 115 Å². The van der Waals surface area contributed by atoms with E-state index in [2.05, 4.69) is 41.1 Å². The van der Waals surface area contributed by atoms with E-state index in [4.69, 9.17) is 9.84 Å². The molecular weight excluding hydrogens is 450 g/mol. The smallest absolute Gasteiger partial charge is 0.296 e. The second-order valence-corrected chi connectivity index (χ2v) is 8.54. The minimum absolute atomic E-state index is 0. The molecule has 0 fully saturated rings. The van der Waals surface area contributed by atoms with E-state index in [1.807, 2.05) is 72.8 Å². The lowest BCUT2D eigenvalue weighted by Crippen LogP contribution is -2.34. The van der Waals surface area contributed by atoms with Crippen molar-refractivity contribution in [3.8, 4) is 28.4 Å². The zero-order valence-electron chi connectivity index (χ0n) is 19.7. The highest BCUT2D eigenvalue weighted by atomic mass is 16.5. The third-order valence-electron chi connectivity index (χ3n) is 6.37. The fourth-order valence-electron chi connectivity index (χ4n) is 4.56. The highest BCUT2D eigenvalue weighted by Crippen LogP contribution is 2.31. The molecule has 0 amide bonds. The minimum Gasteiger partial charge on any atom is -0.870 e. The fourth-order valence-corrected chi connectivity index (χ4v) is 4.56.